The van der Waals surface area contributed by atoms with Gasteiger partial charge in [0.1, 0.15) is 17.1 Å². The summed E-state index contributed by atoms with van der Waals surface area (Å²) in [5, 5.41) is 5.99. The quantitative estimate of drug-likeness (QED) is 0.738. The smallest absolute Gasteiger partial charge is 0.321 e. The zero-order valence-corrected chi connectivity index (χ0v) is 17.8. The number of carbonyl (C=O) groups excluding carboxylic acids is 2. The lowest BCUT2D eigenvalue weighted by Gasteiger charge is -2.37. The van der Waals surface area contributed by atoms with Crippen LogP contribution in [-0.4, -0.2) is 54.7 Å². The molecule has 0 saturated carbocycles. The van der Waals surface area contributed by atoms with Crippen LogP contribution < -0.4 is 15.4 Å². The second-order valence-corrected chi connectivity index (χ2v) is 8.20. The predicted molar refractivity (Wildman–Crippen MR) is 118 cm³/mol. The number of ether oxygens (including phenoxy) is 1. The fourth-order valence-corrected chi connectivity index (χ4v) is 4.19. The van der Waals surface area contributed by atoms with Gasteiger partial charge in [0.2, 0.25) is 0 Å². The Morgan fingerprint density at radius 2 is 1.93 bits per heavy atom. The molecular weight excluding hydrogens is 400 g/mol. The Morgan fingerprint density at radius 3 is 2.60 bits per heavy atom. The van der Waals surface area contributed by atoms with Crippen LogP contribution in [0.4, 0.5) is 10.5 Å². The Hall–Kier alpha value is -3.00. The zero-order chi connectivity index (χ0) is 21.1. The number of piperidine rings is 1. The van der Waals surface area contributed by atoms with Crippen molar-refractivity contribution in [3.8, 4) is 5.75 Å². The van der Waals surface area contributed by atoms with Crippen LogP contribution in [0.2, 0.25) is 0 Å². The minimum Gasteiger partial charge on any atom is -0.497 e. The molecule has 1 spiro atoms. The fraction of sp³-hybridized carbons (Fsp3) is 0.318. The topological polar surface area (TPSA) is 83.0 Å². The molecule has 0 bridgehead atoms. The standard InChI is InChI=1S/C22H24N4O3S/c1-29-17-8-6-15(7-9-17)19-20(27)25-22(24-19)10-12-26(13-11-22)21(28)23-16-4-3-5-18(14-16)30-2/h3-9,14H,10-13H2,1-2H3,(H,23,28)(H,25,27). The molecule has 1 saturated heterocycles. The van der Waals surface area contributed by atoms with Crippen LogP contribution in [0.15, 0.2) is 58.4 Å². The average Bonchev–Trinajstić information content (AvgIpc) is 3.09. The van der Waals surface area contributed by atoms with Gasteiger partial charge in [-0.05, 0) is 48.7 Å². The van der Waals surface area contributed by atoms with Crippen LogP contribution in [0, 0.1) is 0 Å². The number of likely N-dealkylation sites (tertiary alicyclic amines) is 1. The molecule has 0 aliphatic carbocycles. The molecule has 8 heteroatoms. The van der Waals surface area contributed by atoms with E-state index in [2.05, 4.69) is 10.6 Å². The third-order valence-electron chi connectivity index (χ3n) is 5.45. The first-order valence-electron chi connectivity index (χ1n) is 9.79. The molecule has 4 rings (SSSR count). The van der Waals surface area contributed by atoms with Crippen molar-refractivity contribution >= 4 is 35.1 Å². The average molecular weight is 425 g/mol. The van der Waals surface area contributed by atoms with E-state index in [1.807, 2.05) is 54.8 Å². The first kappa shape index (κ1) is 20.3. The number of carbonyl (C=O) groups is 2. The lowest BCUT2D eigenvalue weighted by Crippen LogP contribution is -2.53. The highest BCUT2D eigenvalue weighted by Crippen LogP contribution is 2.29. The normalized spacial score (nSPS) is 17.5. The number of benzene rings is 2. The van der Waals surface area contributed by atoms with E-state index in [1.165, 1.54) is 0 Å². The Balaban J connectivity index is 1.41. The minimum atomic E-state index is -0.637. The second-order valence-electron chi connectivity index (χ2n) is 7.32. The van der Waals surface area contributed by atoms with Crippen LogP contribution in [0.3, 0.4) is 0 Å². The number of nitrogens with zero attached hydrogens (tertiary/aromatic N) is 2. The van der Waals surface area contributed by atoms with Crippen molar-refractivity contribution in [2.24, 2.45) is 4.99 Å². The Kier molecular flexibility index (Phi) is 5.67. The van der Waals surface area contributed by atoms with Gasteiger partial charge in [0, 0.05) is 42.1 Å². The Morgan fingerprint density at radius 1 is 1.20 bits per heavy atom. The third kappa shape index (κ3) is 4.14. The van der Waals surface area contributed by atoms with Crippen LogP contribution >= 0.6 is 11.8 Å². The number of methoxy groups -OCH3 is 1. The molecule has 1 fully saturated rings. The van der Waals surface area contributed by atoms with Crippen molar-refractivity contribution < 1.29 is 14.3 Å². The minimum absolute atomic E-state index is 0.133. The fourth-order valence-electron chi connectivity index (χ4n) is 3.73. The molecule has 0 unspecified atom stereocenters. The third-order valence-corrected chi connectivity index (χ3v) is 6.17. The zero-order valence-electron chi connectivity index (χ0n) is 17.0. The van der Waals surface area contributed by atoms with Gasteiger partial charge in [-0.2, -0.15) is 0 Å². The van der Waals surface area contributed by atoms with Crippen LogP contribution in [0.1, 0.15) is 18.4 Å². The van der Waals surface area contributed by atoms with Crippen molar-refractivity contribution in [3.63, 3.8) is 0 Å². The van der Waals surface area contributed by atoms with E-state index < -0.39 is 5.66 Å². The highest BCUT2D eigenvalue weighted by molar-refractivity contribution is 7.98. The van der Waals surface area contributed by atoms with Crippen LogP contribution in [-0.2, 0) is 4.79 Å². The SMILES string of the molecule is COc1ccc(C2=NC3(CCN(C(=O)Nc4cccc(SC)c4)CC3)NC2=O)cc1. The van der Waals surface area contributed by atoms with Crippen molar-refractivity contribution in [3.05, 3.63) is 54.1 Å². The highest BCUT2D eigenvalue weighted by atomic mass is 32.2. The van der Waals surface area contributed by atoms with Gasteiger partial charge in [0.15, 0.2) is 0 Å². The molecule has 7 nitrogen and oxygen atoms in total. The number of aliphatic imine (C=N–C) groups is 1. The maximum Gasteiger partial charge on any atom is 0.321 e. The molecule has 0 atom stereocenters. The first-order valence-corrected chi connectivity index (χ1v) is 11.0. The molecule has 2 aliphatic rings. The lowest BCUT2D eigenvalue weighted by atomic mass is 9.98. The number of hydrogen-bond donors (Lipinski definition) is 2. The maximum atomic E-state index is 12.7. The number of anilines is 1. The summed E-state index contributed by atoms with van der Waals surface area (Å²) in [6.45, 7) is 1.04. The van der Waals surface area contributed by atoms with Crippen molar-refractivity contribution in [2.45, 2.75) is 23.4 Å². The predicted octanol–water partition coefficient (Wildman–Crippen LogP) is 3.36. The molecule has 2 N–H and O–H groups in total. The van der Waals surface area contributed by atoms with Gasteiger partial charge in [-0.15, -0.1) is 11.8 Å². The Bertz CT molecular complexity index is 982. The molecule has 2 aromatic rings. The molecule has 2 heterocycles. The van der Waals surface area contributed by atoms with E-state index in [9.17, 15) is 9.59 Å². The number of urea groups is 1. The summed E-state index contributed by atoms with van der Waals surface area (Å²) in [5.74, 6) is 0.557. The van der Waals surface area contributed by atoms with Gasteiger partial charge in [-0.25, -0.2) is 4.79 Å². The van der Waals surface area contributed by atoms with Gasteiger partial charge >= 0.3 is 6.03 Å². The molecule has 0 aromatic heterocycles. The highest BCUT2D eigenvalue weighted by Gasteiger charge is 2.42. The number of amides is 3. The summed E-state index contributed by atoms with van der Waals surface area (Å²) >= 11 is 1.63. The van der Waals surface area contributed by atoms with Gasteiger partial charge in [0.25, 0.3) is 5.91 Å². The monoisotopic (exact) mass is 424 g/mol. The summed E-state index contributed by atoms with van der Waals surface area (Å²) in [6.07, 6.45) is 3.16. The van der Waals surface area contributed by atoms with Crippen molar-refractivity contribution in [1.82, 2.24) is 10.2 Å². The summed E-state index contributed by atoms with van der Waals surface area (Å²) in [4.78, 5) is 32.8. The van der Waals surface area contributed by atoms with Gasteiger partial charge in [0.05, 0.1) is 7.11 Å². The number of rotatable bonds is 4. The molecule has 30 heavy (non-hydrogen) atoms. The summed E-state index contributed by atoms with van der Waals surface area (Å²) in [6, 6.07) is 14.9. The number of hydrogen-bond acceptors (Lipinski definition) is 5. The second kappa shape index (κ2) is 8.39. The summed E-state index contributed by atoms with van der Waals surface area (Å²) in [7, 11) is 1.60. The van der Waals surface area contributed by atoms with Crippen LogP contribution in [0.5, 0.6) is 5.75 Å². The van der Waals surface area contributed by atoms with E-state index in [4.69, 9.17) is 9.73 Å². The summed E-state index contributed by atoms with van der Waals surface area (Å²) < 4.78 is 5.17. The largest absolute Gasteiger partial charge is 0.497 e. The Labute approximate surface area is 179 Å². The van der Waals surface area contributed by atoms with Crippen molar-refractivity contribution in [2.75, 3.05) is 31.8 Å². The molecule has 3 amide bonds. The van der Waals surface area contributed by atoms with E-state index in [-0.39, 0.29) is 11.9 Å². The van der Waals surface area contributed by atoms with Gasteiger partial charge in [-0.1, -0.05) is 6.07 Å². The molecule has 2 aromatic carbocycles. The maximum absolute atomic E-state index is 12.7. The van der Waals surface area contributed by atoms with E-state index in [1.54, 1.807) is 23.8 Å². The van der Waals surface area contributed by atoms with E-state index in [0.717, 1.165) is 21.9 Å². The van der Waals surface area contributed by atoms with E-state index in [0.29, 0.717) is 31.6 Å². The van der Waals surface area contributed by atoms with Crippen LogP contribution in [0.25, 0.3) is 0 Å². The lowest BCUT2D eigenvalue weighted by molar-refractivity contribution is -0.115. The molecule has 156 valence electrons. The molecule has 0 radical (unpaired) electrons. The number of thioether (sulfide) groups is 1. The van der Waals surface area contributed by atoms with Gasteiger partial charge < -0.3 is 20.3 Å². The van der Waals surface area contributed by atoms with Crippen molar-refractivity contribution in [1.29, 1.82) is 0 Å². The van der Waals surface area contributed by atoms with E-state index >= 15 is 0 Å². The molecule has 2 aliphatic heterocycles. The summed E-state index contributed by atoms with van der Waals surface area (Å²) in [5.41, 5.74) is 1.34. The molecular formula is C22H24N4O3S. The van der Waals surface area contributed by atoms with Gasteiger partial charge in [-0.3, -0.25) is 9.79 Å². The first-order chi connectivity index (χ1) is 14.5. The number of nitrogens with one attached hydrogen (secondary N) is 2.